The van der Waals surface area contributed by atoms with Crippen molar-refractivity contribution in [2.45, 2.75) is 20.3 Å². The molecule has 6 heteroatoms. The molecule has 0 fully saturated rings. The van der Waals surface area contributed by atoms with Crippen LogP contribution in [0, 0.1) is 6.92 Å². The average molecular weight is 308 g/mol. The van der Waals surface area contributed by atoms with Crippen LogP contribution in [-0.2, 0) is 14.3 Å². The maximum atomic E-state index is 12.3. The summed E-state index contributed by atoms with van der Waals surface area (Å²) in [7, 11) is 1.57. The summed E-state index contributed by atoms with van der Waals surface area (Å²) in [6.45, 7) is 5.13. The zero-order chi connectivity index (χ0) is 16.4. The van der Waals surface area contributed by atoms with E-state index < -0.39 is 0 Å². The van der Waals surface area contributed by atoms with Crippen LogP contribution in [0.4, 0.5) is 10.5 Å². The van der Waals surface area contributed by atoms with Crippen LogP contribution in [-0.4, -0.2) is 50.3 Å². The van der Waals surface area contributed by atoms with E-state index in [4.69, 9.17) is 9.47 Å². The Hall–Kier alpha value is -2.08. The van der Waals surface area contributed by atoms with E-state index >= 15 is 0 Å². The largest absolute Gasteiger partial charge is 0.466 e. The summed E-state index contributed by atoms with van der Waals surface area (Å²) in [6.07, 6.45) is 0.165. The van der Waals surface area contributed by atoms with Crippen LogP contribution < -0.4 is 5.32 Å². The highest BCUT2D eigenvalue weighted by molar-refractivity contribution is 5.90. The van der Waals surface area contributed by atoms with Gasteiger partial charge in [-0.2, -0.15) is 0 Å². The fourth-order valence-corrected chi connectivity index (χ4v) is 1.88. The van der Waals surface area contributed by atoms with Gasteiger partial charge >= 0.3 is 12.0 Å². The number of amides is 2. The van der Waals surface area contributed by atoms with Crippen LogP contribution >= 0.6 is 0 Å². The van der Waals surface area contributed by atoms with Gasteiger partial charge in [-0.3, -0.25) is 4.79 Å². The molecule has 0 aliphatic rings. The Bertz CT molecular complexity index is 491. The molecular formula is C16H24N2O4. The second kappa shape index (κ2) is 9.78. The van der Waals surface area contributed by atoms with Crippen molar-refractivity contribution >= 4 is 17.7 Å². The van der Waals surface area contributed by atoms with Crippen molar-refractivity contribution in [1.82, 2.24) is 4.90 Å². The van der Waals surface area contributed by atoms with Gasteiger partial charge in [-0.25, -0.2) is 4.79 Å². The number of nitrogens with zero attached hydrogens (tertiary/aromatic N) is 1. The average Bonchev–Trinajstić information content (AvgIpc) is 2.50. The van der Waals surface area contributed by atoms with Crippen molar-refractivity contribution < 1.29 is 19.1 Å². The Balaban J connectivity index is 2.63. The second-order valence-corrected chi connectivity index (χ2v) is 4.78. The first-order valence-corrected chi connectivity index (χ1v) is 7.34. The van der Waals surface area contributed by atoms with Gasteiger partial charge in [-0.15, -0.1) is 0 Å². The van der Waals surface area contributed by atoms with Crippen molar-refractivity contribution in [1.29, 1.82) is 0 Å². The van der Waals surface area contributed by atoms with Crippen LogP contribution in [0.2, 0.25) is 0 Å². The van der Waals surface area contributed by atoms with Crippen LogP contribution in [0.25, 0.3) is 0 Å². The van der Waals surface area contributed by atoms with E-state index in [9.17, 15) is 9.59 Å². The number of esters is 1. The topological polar surface area (TPSA) is 67.9 Å². The van der Waals surface area contributed by atoms with Crippen molar-refractivity contribution in [2.24, 2.45) is 0 Å². The van der Waals surface area contributed by atoms with Gasteiger partial charge in [0.05, 0.1) is 19.6 Å². The number of carbonyl (C=O) groups is 2. The fraction of sp³-hybridized carbons (Fsp3) is 0.500. The van der Waals surface area contributed by atoms with E-state index in [2.05, 4.69) is 5.32 Å². The lowest BCUT2D eigenvalue weighted by molar-refractivity contribution is -0.143. The highest BCUT2D eigenvalue weighted by Gasteiger charge is 2.16. The van der Waals surface area contributed by atoms with Gasteiger partial charge in [0.25, 0.3) is 0 Å². The highest BCUT2D eigenvalue weighted by Crippen LogP contribution is 2.14. The summed E-state index contributed by atoms with van der Waals surface area (Å²) in [6, 6.07) is 7.28. The molecule has 0 aromatic heterocycles. The predicted molar refractivity (Wildman–Crippen MR) is 84.9 cm³/mol. The molecule has 22 heavy (non-hydrogen) atoms. The number of hydrogen-bond donors (Lipinski definition) is 1. The Morgan fingerprint density at radius 2 is 1.95 bits per heavy atom. The number of carbonyl (C=O) groups excluding carboxylic acids is 2. The zero-order valence-corrected chi connectivity index (χ0v) is 13.4. The van der Waals surface area contributed by atoms with Gasteiger partial charge in [0.2, 0.25) is 0 Å². The Morgan fingerprint density at radius 3 is 2.59 bits per heavy atom. The standard InChI is InChI=1S/C16H24N2O4/c1-4-22-15(19)9-10-18(11-12-21-3)16(20)17-14-8-6-5-7-13(14)2/h5-8H,4,9-12H2,1-3H3,(H,17,20). The molecule has 1 N–H and O–H groups in total. The summed E-state index contributed by atoms with van der Waals surface area (Å²) in [5.41, 5.74) is 1.74. The van der Waals surface area contributed by atoms with E-state index in [1.165, 1.54) is 0 Å². The Morgan fingerprint density at radius 1 is 1.23 bits per heavy atom. The van der Waals surface area contributed by atoms with Gasteiger partial charge in [0, 0.05) is 25.9 Å². The van der Waals surface area contributed by atoms with Crippen LogP contribution in [0.15, 0.2) is 24.3 Å². The van der Waals surface area contributed by atoms with Crippen molar-refractivity contribution in [3.8, 4) is 0 Å². The number of ether oxygens (including phenoxy) is 2. The third kappa shape index (κ3) is 6.13. The first-order valence-electron chi connectivity index (χ1n) is 7.34. The maximum Gasteiger partial charge on any atom is 0.321 e. The summed E-state index contributed by atoms with van der Waals surface area (Å²) in [4.78, 5) is 25.3. The molecule has 6 nitrogen and oxygen atoms in total. The van der Waals surface area contributed by atoms with E-state index in [-0.39, 0.29) is 18.4 Å². The van der Waals surface area contributed by atoms with E-state index in [0.29, 0.717) is 26.3 Å². The zero-order valence-electron chi connectivity index (χ0n) is 13.4. The highest BCUT2D eigenvalue weighted by atomic mass is 16.5. The van der Waals surface area contributed by atoms with Gasteiger partial charge in [-0.1, -0.05) is 18.2 Å². The minimum absolute atomic E-state index is 0.165. The number of rotatable bonds is 8. The molecule has 1 aromatic carbocycles. The quantitative estimate of drug-likeness (QED) is 0.749. The van der Waals surface area contributed by atoms with Crippen LogP contribution in [0.3, 0.4) is 0 Å². The molecule has 1 aromatic rings. The minimum Gasteiger partial charge on any atom is -0.466 e. The molecule has 0 saturated carbocycles. The fourth-order valence-electron chi connectivity index (χ4n) is 1.88. The van der Waals surface area contributed by atoms with Crippen LogP contribution in [0.1, 0.15) is 18.9 Å². The lowest BCUT2D eigenvalue weighted by Crippen LogP contribution is -2.39. The smallest absolute Gasteiger partial charge is 0.321 e. The molecule has 0 aliphatic carbocycles. The van der Waals surface area contributed by atoms with Gasteiger partial charge in [0.1, 0.15) is 0 Å². The van der Waals surface area contributed by atoms with Gasteiger partial charge in [0.15, 0.2) is 0 Å². The molecule has 1 rings (SSSR count). The minimum atomic E-state index is -0.311. The van der Waals surface area contributed by atoms with Crippen molar-refractivity contribution in [3.63, 3.8) is 0 Å². The molecule has 0 atom stereocenters. The summed E-state index contributed by atoms with van der Waals surface area (Å²) >= 11 is 0. The van der Waals surface area contributed by atoms with E-state index in [1.807, 2.05) is 31.2 Å². The summed E-state index contributed by atoms with van der Waals surface area (Å²) < 4.78 is 9.90. The van der Waals surface area contributed by atoms with Gasteiger partial charge < -0.3 is 19.7 Å². The molecule has 0 spiro atoms. The predicted octanol–water partition coefficient (Wildman–Crippen LogP) is 2.43. The third-order valence-corrected chi connectivity index (χ3v) is 3.13. The monoisotopic (exact) mass is 308 g/mol. The number of hydrogen-bond acceptors (Lipinski definition) is 4. The van der Waals surface area contributed by atoms with Gasteiger partial charge in [-0.05, 0) is 25.5 Å². The summed E-state index contributed by atoms with van der Waals surface area (Å²) in [5, 5.41) is 2.85. The van der Waals surface area contributed by atoms with Crippen LogP contribution in [0.5, 0.6) is 0 Å². The third-order valence-electron chi connectivity index (χ3n) is 3.13. The number of anilines is 1. The number of methoxy groups -OCH3 is 1. The molecule has 0 bridgehead atoms. The Labute approximate surface area is 131 Å². The molecular weight excluding hydrogens is 284 g/mol. The maximum absolute atomic E-state index is 12.3. The number of benzene rings is 1. The second-order valence-electron chi connectivity index (χ2n) is 4.78. The first-order chi connectivity index (χ1) is 10.6. The lowest BCUT2D eigenvalue weighted by Gasteiger charge is -2.23. The number of nitrogens with one attached hydrogen (secondary N) is 1. The van der Waals surface area contributed by atoms with Crippen molar-refractivity contribution in [2.75, 3.05) is 38.7 Å². The molecule has 0 aliphatic heterocycles. The summed E-state index contributed by atoms with van der Waals surface area (Å²) in [5.74, 6) is -0.311. The number of aryl methyl sites for hydroxylation is 1. The first kappa shape index (κ1) is 18.0. The van der Waals surface area contributed by atoms with E-state index in [1.54, 1.807) is 18.9 Å². The molecule has 0 saturated heterocycles. The Kier molecular flexibility index (Phi) is 7.99. The number of urea groups is 1. The molecule has 2 amide bonds. The number of para-hydroxylation sites is 1. The molecule has 0 unspecified atom stereocenters. The molecule has 122 valence electrons. The molecule has 0 radical (unpaired) electrons. The molecule has 0 heterocycles. The normalized spacial score (nSPS) is 10.1. The van der Waals surface area contributed by atoms with Crippen molar-refractivity contribution in [3.05, 3.63) is 29.8 Å². The SMILES string of the molecule is CCOC(=O)CCN(CCOC)C(=O)Nc1ccccc1C. The lowest BCUT2D eigenvalue weighted by atomic mass is 10.2. The van der Waals surface area contributed by atoms with E-state index in [0.717, 1.165) is 11.3 Å².